The van der Waals surface area contributed by atoms with E-state index in [1.807, 2.05) is 43.3 Å². The zero-order valence-electron chi connectivity index (χ0n) is 13.0. The van der Waals surface area contributed by atoms with Crippen LogP contribution >= 0.6 is 12.4 Å². The molecule has 0 radical (unpaired) electrons. The van der Waals surface area contributed by atoms with Crippen LogP contribution in [0.4, 0.5) is 0 Å². The molecule has 3 rings (SSSR count). The Kier molecular flexibility index (Phi) is 5.15. The molecule has 0 saturated heterocycles. The molecule has 7 nitrogen and oxygen atoms in total. The van der Waals surface area contributed by atoms with Crippen molar-refractivity contribution in [2.24, 2.45) is 16.5 Å². The zero-order chi connectivity index (χ0) is 16.4. The number of aliphatic imine (C=N–C) groups is 1. The number of guanidine groups is 1. The Labute approximate surface area is 144 Å². The summed E-state index contributed by atoms with van der Waals surface area (Å²) in [6, 6.07) is 11.6. The van der Waals surface area contributed by atoms with E-state index in [4.69, 9.17) is 11.5 Å². The Morgan fingerprint density at radius 1 is 1.21 bits per heavy atom. The summed E-state index contributed by atoms with van der Waals surface area (Å²) >= 11 is 0. The Bertz CT molecular complexity index is 914. The minimum atomic E-state index is -0.506. The molecule has 124 valence electrons. The maximum atomic E-state index is 12.1. The summed E-state index contributed by atoms with van der Waals surface area (Å²) in [5, 5.41) is 5.31. The van der Waals surface area contributed by atoms with Gasteiger partial charge in [-0.05, 0) is 24.6 Å². The number of carbonyl (C=O) groups is 1. The van der Waals surface area contributed by atoms with Gasteiger partial charge in [0.25, 0.3) is 5.91 Å². The van der Waals surface area contributed by atoms with Crippen molar-refractivity contribution in [1.82, 2.24) is 14.8 Å². The van der Waals surface area contributed by atoms with E-state index in [2.05, 4.69) is 15.1 Å². The monoisotopic (exact) mass is 344 g/mol. The molecule has 0 bridgehead atoms. The van der Waals surface area contributed by atoms with E-state index >= 15 is 0 Å². The van der Waals surface area contributed by atoms with Crippen LogP contribution in [0.5, 0.6) is 0 Å². The number of benzene rings is 1. The molecule has 0 unspecified atom stereocenters. The third kappa shape index (κ3) is 3.21. The first-order valence-corrected chi connectivity index (χ1v) is 7.17. The number of pyridine rings is 1. The largest absolute Gasteiger partial charge is 0.370 e. The summed E-state index contributed by atoms with van der Waals surface area (Å²) < 4.78 is 1.64. The number of carbonyl (C=O) groups excluding carboxylic acids is 1. The van der Waals surface area contributed by atoms with Gasteiger partial charge in [-0.3, -0.25) is 4.79 Å². The summed E-state index contributed by atoms with van der Waals surface area (Å²) in [7, 11) is 0. The number of nitrogens with zero attached hydrogens (tertiary/aromatic N) is 4. The molecule has 0 saturated carbocycles. The van der Waals surface area contributed by atoms with Crippen molar-refractivity contribution < 1.29 is 4.79 Å². The summed E-state index contributed by atoms with van der Waals surface area (Å²) in [4.78, 5) is 20.2. The minimum Gasteiger partial charge on any atom is -0.370 e. The third-order valence-corrected chi connectivity index (χ3v) is 3.47. The minimum absolute atomic E-state index is 0. The molecule has 24 heavy (non-hydrogen) atoms. The fourth-order valence-electron chi connectivity index (χ4n) is 2.44. The second-order valence-electron chi connectivity index (χ2n) is 4.97. The average molecular weight is 345 g/mol. The SMILES string of the molecule is CCc1c(C(=O)N=C(N)N)cnn1-c1ccc2ccccc2n1.Cl. The van der Waals surface area contributed by atoms with Crippen molar-refractivity contribution in [2.45, 2.75) is 13.3 Å². The maximum Gasteiger partial charge on any atom is 0.283 e. The molecule has 0 spiro atoms. The molecule has 3 aromatic rings. The van der Waals surface area contributed by atoms with Gasteiger partial charge in [-0.1, -0.05) is 25.1 Å². The maximum absolute atomic E-state index is 12.1. The molecule has 0 atom stereocenters. The van der Waals surface area contributed by atoms with Crippen LogP contribution in [0.15, 0.2) is 47.6 Å². The van der Waals surface area contributed by atoms with Gasteiger partial charge in [0, 0.05) is 5.39 Å². The van der Waals surface area contributed by atoms with Crippen molar-refractivity contribution in [1.29, 1.82) is 0 Å². The van der Waals surface area contributed by atoms with E-state index in [0.29, 0.717) is 23.5 Å². The van der Waals surface area contributed by atoms with Gasteiger partial charge in [0.15, 0.2) is 11.8 Å². The Morgan fingerprint density at radius 2 is 1.96 bits per heavy atom. The van der Waals surface area contributed by atoms with Gasteiger partial charge in [0.1, 0.15) is 0 Å². The van der Waals surface area contributed by atoms with Gasteiger partial charge >= 0.3 is 0 Å². The van der Waals surface area contributed by atoms with E-state index in [9.17, 15) is 4.79 Å². The van der Waals surface area contributed by atoms with Crippen molar-refractivity contribution in [3.05, 3.63) is 53.9 Å². The molecular weight excluding hydrogens is 328 g/mol. The van der Waals surface area contributed by atoms with Crippen molar-refractivity contribution >= 4 is 35.2 Å². The van der Waals surface area contributed by atoms with Crippen molar-refractivity contribution in [3.63, 3.8) is 0 Å². The Morgan fingerprint density at radius 3 is 2.67 bits per heavy atom. The predicted molar refractivity (Wildman–Crippen MR) is 95.6 cm³/mol. The van der Waals surface area contributed by atoms with Crippen molar-refractivity contribution in [3.8, 4) is 5.82 Å². The van der Waals surface area contributed by atoms with Gasteiger partial charge in [0.2, 0.25) is 0 Å². The molecule has 4 N–H and O–H groups in total. The summed E-state index contributed by atoms with van der Waals surface area (Å²) in [5.41, 5.74) is 12.5. The number of nitrogens with two attached hydrogens (primary N) is 2. The first-order valence-electron chi connectivity index (χ1n) is 7.17. The first-order chi connectivity index (χ1) is 11.1. The van der Waals surface area contributed by atoms with Gasteiger partial charge in [-0.25, -0.2) is 9.67 Å². The standard InChI is InChI=1S/C16H16N6O.ClH/c1-2-13-11(15(23)21-16(17)18)9-19-22(13)14-8-7-10-5-3-4-6-12(10)20-14;/h3-9H,2H2,1H3,(H4,17,18,21,23);1H. The molecule has 0 fully saturated rings. The number of amides is 1. The van der Waals surface area contributed by atoms with E-state index in [-0.39, 0.29) is 18.4 Å². The molecule has 1 aromatic carbocycles. The summed E-state index contributed by atoms with van der Waals surface area (Å²) in [6.07, 6.45) is 2.06. The van der Waals surface area contributed by atoms with Crippen LogP contribution in [0.2, 0.25) is 0 Å². The highest BCUT2D eigenvalue weighted by Gasteiger charge is 2.17. The lowest BCUT2D eigenvalue weighted by molar-refractivity contribution is 0.100. The molecule has 1 amide bonds. The topological polar surface area (TPSA) is 112 Å². The first kappa shape index (κ1) is 17.4. The number of hydrogen-bond acceptors (Lipinski definition) is 3. The Balaban J connectivity index is 0.00000208. The number of para-hydroxylation sites is 1. The van der Waals surface area contributed by atoms with E-state index < -0.39 is 5.91 Å². The highest BCUT2D eigenvalue weighted by atomic mass is 35.5. The lowest BCUT2D eigenvalue weighted by Gasteiger charge is -2.07. The molecule has 8 heteroatoms. The molecule has 0 aliphatic heterocycles. The number of aromatic nitrogens is 3. The average Bonchev–Trinajstić information content (AvgIpc) is 2.97. The fraction of sp³-hybridized carbons (Fsp3) is 0.125. The van der Waals surface area contributed by atoms with Gasteiger partial charge < -0.3 is 11.5 Å². The fourth-order valence-corrected chi connectivity index (χ4v) is 2.44. The van der Waals surface area contributed by atoms with Crippen molar-refractivity contribution in [2.75, 3.05) is 0 Å². The van der Waals surface area contributed by atoms with Crippen LogP contribution in [-0.2, 0) is 6.42 Å². The smallest absolute Gasteiger partial charge is 0.283 e. The van der Waals surface area contributed by atoms with Crippen LogP contribution in [0.3, 0.4) is 0 Å². The number of hydrogen-bond donors (Lipinski definition) is 2. The molecule has 2 aromatic heterocycles. The predicted octanol–water partition coefficient (Wildman–Crippen LogP) is 1.82. The second-order valence-corrected chi connectivity index (χ2v) is 4.97. The van der Waals surface area contributed by atoms with Gasteiger partial charge in [-0.2, -0.15) is 10.1 Å². The summed E-state index contributed by atoms with van der Waals surface area (Å²) in [5.74, 6) is -0.133. The number of halogens is 1. The van der Waals surface area contributed by atoms with Crippen LogP contribution in [0.25, 0.3) is 16.7 Å². The van der Waals surface area contributed by atoms with Gasteiger partial charge in [0.05, 0.1) is 23.0 Å². The number of rotatable bonds is 3. The Hall–Kier alpha value is -2.93. The molecule has 2 heterocycles. The third-order valence-electron chi connectivity index (χ3n) is 3.47. The molecular formula is C16H17ClN6O. The van der Waals surface area contributed by atoms with Crippen LogP contribution in [-0.4, -0.2) is 26.6 Å². The van der Waals surface area contributed by atoms with Gasteiger partial charge in [-0.15, -0.1) is 12.4 Å². The second kappa shape index (κ2) is 7.10. The normalized spacial score (nSPS) is 10.2. The quantitative estimate of drug-likeness (QED) is 0.556. The molecule has 0 aliphatic carbocycles. The van der Waals surface area contributed by atoms with E-state index in [0.717, 1.165) is 10.9 Å². The lowest BCUT2D eigenvalue weighted by atomic mass is 10.2. The van der Waals surface area contributed by atoms with E-state index in [1.165, 1.54) is 6.20 Å². The lowest BCUT2D eigenvalue weighted by Crippen LogP contribution is -2.24. The van der Waals surface area contributed by atoms with E-state index in [1.54, 1.807) is 4.68 Å². The highest BCUT2D eigenvalue weighted by Crippen LogP contribution is 2.18. The summed E-state index contributed by atoms with van der Waals surface area (Å²) in [6.45, 7) is 1.93. The van der Waals surface area contributed by atoms with Crippen LogP contribution in [0.1, 0.15) is 23.0 Å². The number of fused-ring (bicyclic) bond motifs is 1. The van der Waals surface area contributed by atoms with Crippen LogP contribution in [0, 0.1) is 0 Å². The van der Waals surface area contributed by atoms with Crippen LogP contribution < -0.4 is 11.5 Å². The highest BCUT2D eigenvalue weighted by molar-refractivity contribution is 6.02. The molecule has 0 aliphatic rings. The zero-order valence-corrected chi connectivity index (χ0v) is 13.8.